The molecule has 4 aromatic rings. The van der Waals surface area contributed by atoms with E-state index in [1.54, 1.807) is 25.3 Å². The van der Waals surface area contributed by atoms with Crippen molar-refractivity contribution in [1.82, 2.24) is 25.6 Å². The van der Waals surface area contributed by atoms with E-state index < -0.39 is 9.84 Å². The summed E-state index contributed by atoms with van der Waals surface area (Å²) in [5.41, 5.74) is 3.80. The summed E-state index contributed by atoms with van der Waals surface area (Å²) in [5, 5.41) is 7.28. The smallest absolute Gasteiger partial charge is 0.251 e. The molecule has 0 unspecified atom stereocenters. The maximum Gasteiger partial charge on any atom is 0.251 e. The number of pyridine rings is 3. The summed E-state index contributed by atoms with van der Waals surface area (Å²) in [7, 11) is -3.44. The Balaban J connectivity index is 1.19. The van der Waals surface area contributed by atoms with Crippen LogP contribution in [0, 0.1) is 6.92 Å². The van der Waals surface area contributed by atoms with E-state index in [4.69, 9.17) is 14.7 Å². The van der Waals surface area contributed by atoms with Gasteiger partial charge in [0, 0.05) is 43.0 Å². The van der Waals surface area contributed by atoms with Crippen LogP contribution in [0.15, 0.2) is 65.7 Å². The van der Waals surface area contributed by atoms with Crippen molar-refractivity contribution in [2.24, 2.45) is 0 Å². The number of hydrogen-bond donors (Lipinski definition) is 2. The molecule has 2 aliphatic heterocycles. The van der Waals surface area contributed by atoms with E-state index in [0.29, 0.717) is 11.3 Å². The largest absolute Gasteiger partial charge is 0.377 e. The topological polar surface area (TPSA) is 126 Å². The molecule has 1 spiro atoms. The zero-order chi connectivity index (χ0) is 27.9. The number of carbonyl (C=O) groups is 1. The van der Waals surface area contributed by atoms with Crippen LogP contribution >= 0.6 is 0 Å². The monoisotopic (exact) mass is 558 g/mol. The lowest BCUT2D eigenvalue weighted by Crippen LogP contribution is -2.70. The van der Waals surface area contributed by atoms with Gasteiger partial charge in [-0.2, -0.15) is 0 Å². The highest BCUT2D eigenvalue weighted by Crippen LogP contribution is 2.27. The number of piperazine rings is 1. The van der Waals surface area contributed by atoms with Crippen LogP contribution in [0.25, 0.3) is 22.3 Å². The third kappa shape index (κ3) is 5.27. The van der Waals surface area contributed by atoms with Gasteiger partial charge in [-0.15, -0.1) is 0 Å². The van der Waals surface area contributed by atoms with Crippen molar-refractivity contribution in [1.29, 1.82) is 0 Å². The quantitative estimate of drug-likeness (QED) is 0.367. The molecule has 40 heavy (non-hydrogen) atoms. The molecule has 10 nitrogen and oxygen atoms in total. The zero-order valence-electron chi connectivity index (χ0n) is 22.3. The first-order valence-corrected chi connectivity index (χ1v) is 15.0. The standard InChI is InChI=1S/C29H30N6O4S/c1-19-6-7-20(12-26(19)40(2,37)38)28(36)31-15-22-13-25-21(14-30-22)8-9-24(33-25)23-4-3-5-27(34-23)35-11-10-32-29(16-35)17-39-18-29/h3-9,12-14,32H,10-11,15-18H2,1-2H3,(H,31,36). The maximum absolute atomic E-state index is 12.8. The van der Waals surface area contributed by atoms with Gasteiger partial charge in [0.2, 0.25) is 0 Å². The highest BCUT2D eigenvalue weighted by molar-refractivity contribution is 7.90. The number of fused-ring (bicyclic) bond motifs is 1. The number of nitrogens with one attached hydrogen (secondary N) is 2. The lowest BCUT2D eigenvalue weighted by molar-refractivity contribution is -0.0743. The lowest BCUT2D eigenvalue weighted by atomic mass is 9.94. The van der Waals surface area contributed by atoms with Gasteiger partial charge in [-0.1, -0.05) is 12.1 Å². The Kier molecular flexibility index (Phi) is 6.73. The predicted molar refractivity (Wildman–Crippen MR) is 152 cm³/mol. The Morgan fingerprint density at radius 1 is 1.10 bits per heavy atom. The van der Waals surface area contributed by atoms with Gasteiger partial charge in [0.05, 0.1) is 52.8 Å². The summed E-state index contributed by atoms with van der Waals surface area (Å²) < 4.78 is 29.5. The number of nitrogens with zero attached hydrogens (tertiary/aromatic N) is 4. The van der Waals surface area contributed by atoms with Gasteiger partial charge in [0.15, 0.2) is 9.84 Å². The van der Waals surface area contributed by atoms with Crippen LogP contribution in [0.2, 0.25) is 0 Å². The highest BCUT2D eigenvalue weighted by Gasteiger charge is 2.42. The Morgan fingerprint density at radius 3 is 2.70 bits per heavy atom. The number of carbonyl (C=O) groups excluding carboxylic acids is 1. The average Bonchev–Trinajstić information content (AvgIpc) is 2.94. The van der Waals surface area contributed by atoms with Crippen LogP contribution in [-0.2, 0) is 21.1 Å². The molecule has 6 rings (SSSR count). The molecule has 2 saturated heterocycles. The molecule has 5 heterocycles. The molecule has 3 aromatic heterocycles. The first-order chi connectivity index (χ1) is 19.2. The van der Waals surface area contributed by atoms with Crippen molar-refractivity contribution in [3.05, 3.63) is 77.6 Å². The van der Waals surface area contributed by atoms with Crippen molar-refractivity contribution >= 4 is 32.5 Å². The molecular formula is C29H30N6O4S. The first-order valence-electron chi connectivity index (χ1n) is 13.1. The molecule has 2 N–H and O–H groups in total. The fourth-order valence-corrected chi connectivity index (χ4v) is 6.14. The normalized spacial score (nSPS) is 16.6. The number of benzene rings is 1. The molecule has 0 saturated carbocycles. The number of aromatic nitrogens is 3. The molecule has 1 amide bonds. The minimum atomic E-state index is -3.44. The van der Waals surface area contributed by atoms with Crippen molar-refractivity contribution in [2.75, 3.05) is 44.0 Å². The van der Waals surface area contributed by atoms with Crippen LogP contribution in [0.3, 0.4) is 0 Å². The molecule has 0 bridgehead atoms. The number of hydrogen-bond acceptors (Lipinski definition) is 9. The summed E-state index contributed by atoms with van der Waals surface area (Å²) in [6.45, 7) is 5.94. The Hall–Kier alpha value is -3.93. The van der Waals surface area contributed by atoms with Crippen LogP contribution in [-0.4, -0.2) is 73.9 Å². The SMILES string of the molecule is Cc1ccc(C(=O)NCc2cc3nc(-c4cccc(N5CCNC6(COC6)C5)n4)ccc3cn2)cc1S(C)(=O)=O. The van der Waals surface area contributed by atoms with Crippen LogP contribution in [0.4, 0.5) is 5.82 Å². The summed E-state index contributed by atoms with van der Waals surface area (Å²) >= 11 is 0. The second-order valence-electron chi connectivity index (χ2n) is 10.5. The fourth-order valence-electron chi connectivity index (χ4n) is 5.15. The van der Waals surface area contributed by atoms with E-state index in [1.165, 1.54) is 6.07 Å². The molecule has 1 aromatic carbocycles. The van der Waals surface area contributed by atoms with Gasteiger partial charge >= 0.3 is 0 Å². The van der Waals surface area contributed by atoms with Gasteiger partial charge in [0.25, 0.3) is 5.91 Å². The molecule has 2 aliphatic rings. The number of ether oxygens (including phenoxy) is 1. The molecule has 0 radical (unpaired) electrons. The molecule has 206 valence electrons. The van der Waals surface area contributed by atoms with E-state index >= 15 is 0 Å². The van der Waals surface area contributed by atoms with Gasteiger partial charge < -0.3 is 20.3 Å². The molecule has 0 atom stereocenters. The number of rotatable bonds is 6. The van der Waals surface area contributed by atoms with Gasteiger partial charge in [-0.05, 0) is 55.0 Å². The molecular weight excluding hydrogens is 528 g/mol. The van der Waals surface area contributed by atoms with Crippen LogP contribution < -0.4 is 15.5 Å². The fraction of sp³-hybridized carbons (Fsp3) is 0.310. The summed E-state index contributed by atoms with van der Waals surface area (Å²) in [6, 6.07) is 16.4. The van der Waals surface area contributed by atoms with Crippen molar-refractivity contribution in [3.8, 4) is 11.4 Å². The number of aryl methyl sites for hydroxylation is 1. The van der Waals surface area contributed by atoms with E-state index in [-0.39, 0.29) is 28.4 Å². The van der Waals surface area contributed by atoms with E-state index in [9.17, 15) is 13.2 Å². The van der Waals surface area contributed by atoms with Crippen molar-refractivity contribution in [2.45, 2.75) is 23.9 Å². The summed E-state index contributed by atoms with van der Waals surface area (Å²) in [5.74, 6) is 0.540. The molecule has 11 heteroatoms. The minimum Gasteiger partial charge on any atom is -0.377 e. The number of anilines is 1. The average molecular weight is 559 g/mol. The summed E-state index contributed by atoms with van der Waals surface area (Å²) in [4.78, 5) is 29.4. The Labute approximate surface area is 232 Å². The van der Waals surface area contributed by atoms with Gasteiger partial charge in [-0.3, -0.25) is 9.78 Å². The second kappa shape index (κ2) is 10.2. The lowest BCUT2D eigenvalue weighted by Gasteiger charge is -2.49. The first kappa shape index (κ1) is 26.3. The number of amides is 1. The van der Waals surface area contributed by atoms with Gasteiger partial charge in [-0.25, -0.2) is 18.4 Å². The Morgan fingerprint density at radius 2 is 1.93 bits per heavy atom. The zero-order valence-corrected chi connectivity index (χ0v) is 23.2. The van der Waals surface area contributed by atoms with Crippen molar-refractivity contribution < 1.29 is 17.9 Å². The van der Waals surface area contributed by atoms with E-state index in [0.717, 1.165) is 67.2 Å². The molecule has 2 fully saturated rings. The Bertz CT molecular complexity index is 1720. The maximum atomic E-state index is 12.8. The summed E-state index contributed by atoms with van der Waals surface area (Å²) in [6.07, 6.45) is 2.86. The molecule has 0 aliphatic carbocycles. The second-order valence-corrected chi connectivity index (χ2v) is 12.5. The predicted octanol–water partition coefficient (Wildman–Crippen LogP) is 2.51. The van der Waals surface area contributed by atoms with Crippen LogP contribution in [0.5, 0.6) is 0 Å². The van der Waals surface area contributed by atoms with Crippen molar-refractivity contribution in [3.63, 3.8) is 0 Å². The highest BCUT2D eigenvalue weighted by atomic mass is 32.2. The third-order valence-corrected chi connectivity index (χ3v) is 8.60. The van der Waals surface area contributed by atoms with E-state index in [1.807, 2.05) is 36.4 Å². The minimum absolute atomic E-state index is 0.0192. The number of sulfone groups is 1. The van der Waals surface area contributed by atoms with E-state index in [2.05, 4.69) is 20.5 Å². The third-order valence-electron chi connectivity index (χ3n) is 7.36. The van der Waals surface area contributed by atoms with Crippen LogP contribution in [0.1, 0.15) is 21.6 Å². The van der Waals surface area contributed by atoms with Gasteiger partial charge in [0.1, 0.15) is 5.82 Å².